The number of aliphatic hydroxyl groups is 1. The fourth-order valence-corrected chi connectivity index (χ4v) is 1.43. The highest BCUT2D eigenvalue weighted by molar-refractivity contribution is 6.43. The van der Waals surface area contributed by atoms with Gasteiger partial charge in [0.05, 0.1) is 21.7 Å². The lowest BCUT2D eigenvalue weighted by molar-refractivity contribution is 0.305. The maximum Gasteiger partial charge on any atom is 0.0608 e. The number of halogens is 3. The van der Waals surface area contributed by atoms with Crippen LogP contribution in [0.1, 0.15) is 12.0 Å². The second-order valence-electron chi connectivity index (χ2n) is 2.52. The summed E-state index contributed by atoms with van der Waals surface area (Å²) < 4.78 is 0. The number of rotatable bonds is 1. The predicted octanol–water partition coefficient (Wildman–Crippen LogP) is 3.38. The quantitative estimate of drug-likeness (QED) is 0.597. The summed E-state index contributed by atoms with van der Waals surface area (Å²) in [6.45, 7) is 0.0337. The Morgan fingerprint density at radius 3 is 2.36 bits per heavy atom. The highest BCUT2D eigenvalue weighted by Gasteiger charge is 2.03. The first-order valence-corrected chi connectivity index (χ1v) is 5.03. The van der Waals surface area contributed by atoms with Gasteiger partial charge in [-0.2, -0.15) is 0 Å². The zero-order chi connectivity index (χ0) is 10.6. The molecule has 1 aromatic carbocycles. The van der Waals surface area contributed by atoms with Gasteiger partial charge >= 0.3 is 0 Å². The Bertz CT molecular complexity index is 390. The molecule has 0 aromatic heterocycles. The molecule has 0 bridgehead atoms. The van der Waals surface area contributed by atoms with Crippen molar-refractivity contribution in [3.63, 3.8) is 0 Å². The molecule has 0 spiro atoms. The van der Waals surface area contributed by atoms with Crippen LogP contribution in [0.15, 0.2) is 12.1 Å². The number of hydrogen-bond acceptors (Lipinski definition) is 1. The molecule has 1 rings (SSSR count). The zero-order valence-corrected chi connectivity index (χ0v) is 9.42. The average molecular weight is 250 g/mol. The van der Waals surface area contributed by atoms with Crippen LogP contribution < -0.4 is 0 Å². The van der Waals surface area contributed by atoms with Crippen LogP contribution in [0, 0.1) is 11.8 Å². The van der Waals surface area contributed by atoms with Crippen molar-refractivity contribution in [2.45, 2.75) is 6.42 Å². The van der Waals surface area contributed by atoms with E-state index in [1.807, 2.05) is 0 Å². The largest absolute Gasteiger partial charge is 0.395 e. The Labute approximate surface area is 97.6 Å². The SMILES string of the molecule is OCCC#Cc1cc(Cl)c(Cl)cc1Cl. The third-order valence-corrected chi connectivity index (χ3v) is 2.50. The fourth-order valence-electron chi connectivity index (χ4n) is 0.832. The van der Waals surface area contributed by atoms with E-state index in [9.17, 15) is 0 Å². The minimum atomic E-state index is 0.0337. The monoisotopic (exact) mass is 248 g/mol. The van der Waals surface area contributed by atoms with E-state index < -0.39 is 0 Å². The lowest BCUT2D eigenvalue weighted by Crippen LogP contribution is -1.81. The molecular weight excluding hydrogens is 242 g/mol. The van der Waals surface area contributed by atoms with E-state index in [1.165, 1.54) is 0 Å². The van der Waals surface area contributed by atoms with Gasteiger partial charge in [-0.1, -0.05) is 46.6 Å². The molecule has 0 heterocycles. The summed E-state index contributed by atoms with van der Waals surface area (Å²) in [5.74, 6) is 5.55. The first-order chi connectivity index (χ1) is 6.65. The van der Waals surface area contributed by atoms with E-state index in [0.717, 1.165) is 0 Å². The first kappa shape index (κ1) is 11.7. The third kappa shape index (κ3) is 3.08. The van der Waals surface area contributed by atoms with Gasteiger partial charge < -0.3 is 5.11 Å². The summed E-state index contributed by atoms with van der Waals surface area (Å²) in [6, 6.07) is 3.16. The van der Waals surface area contributed by atoms with Gasteiger partial charge in [-0.15, -0.1) is 0 Å². The van der Waals surface area contributed by atoms with Gasteiger partial charge in [0, 0.05) is 12.0 Å². The molecule has 1 nitrogen and oxygen atoms in total. The highest BCUT2D eigenvalue weighted by atomic mass is 35.5. The zero-order valence-electron chi connectivity index (χ0n) is 7.15. The third-order valence-electron chi connectivity index (χ3n) is 1.47. The molecule has 14 heavy (non-hydrogen) atoms. The van der Waals surface area contributed by atoms with E-state index in [1.54, 1.807) is 12.1 Å². The van der Waals surface area contributed by atoms with Crippen LogP contribution in [0.2, 0.25) is 15.1 Å². The minimum Gasteiger partial charge on any atom is -0.395 e. The average Bonchev–Trinajstić information content (AvgIpc) is 2.14. The molecule has 0 unspecified atom stereocenters. The van der Waals surface area contributed by atoms with E-state index in [-0.39, 0.29) is 6.61 Å². The van der Waals surface area contributed by atoms with Crippen LogP contribution in [-0.4, -0.2) is 11.7 Å². The van der Waals surface area contributed by atoms with Gasteiger partial charge in [0.15, 0.2) is 0 Å². The molecule has 0 amide bonds. The standard InChI is InChI=1S/C10H7Cl3O/c11-8-6-10(13)9(12)5-7(8)3-1-2-4-14/h5-6,14H,2,4H2. The molecule has 0 aliphatic rings. The topological polar surface area (TPSA) is 20.2 Å². The van der Waals surface area contributed by atoms with E-state index in [0.29, 0.717) is 27.1 Å². The summed E-state index contributed by atoms with van der Waals surface area (Å²) >= 11 is 17.4. The molecule has 1 N–H and O–H groups in total. The van der Waals surface area contributed by atoms with Crippen LogP contribution in [0.3, 0.4) is 0 Å². The van der Waals surface area contributed by atoms with Crippen molar-refractivity contribution < 1.29 is 5.11 Å². The molecule has 74 valence electrons. The second-order valence-corrected chi connectivity index (χ2v) is 3.74. The van der Waals surface area contributed by atoms with Crippen molar-refractivity contribution >= 4 is 34.8 Å². The summed E-state index contributed by atoms with van der Waals surface area (Å²) in [6.07, 6.45) is 0.413. The fraction of sp³-hybridized carbons (Fsp3) is 0.200. The molecule has 4 heteroatoms. The molecule has 0 fully saturated rings. The second kappa shape index (κ2) is 5.48. The van der Waals surface area contributed by atoms with Crippen molar-refractivity contribution in [1.82, 2.24) is 0 Å². The lowest BCUT2D eigenvalue weighted by atomic mass is 10.2. The first-order valence-electron chi connectivity index (χ1n) is 3.89. The molecule has 0 radical (unpaired) electrons. The number of aliphatic hydroxyl groups excluding tert-OH is 1. The maximum atomic E-state index is 8.53. The molecular formula is C10H7Cl3O. The summed E-state index contributed by atoms with van der Waals surface area (Å²) in [4.78, 5) is 0. The van der Waals surface area contributed by atoms with Crippen LogP contribution in [-0.2, 0) is 0 Å². The highest BCUT2D eigenvalue weighted by Crippen LogP contribution is 2.28. The smallest absolute Gasteiger partial charge is 0.0608 e. The van der Waals surface area contributed by atoms with Crippen molar-refractivity contribution in [1.29, 1.82) is 0 Å². The van der Waals surface area contributed by atoms with Crippen molar-refractivity contribution in [2.24, 2.45) is 0 Å². The van der Waals surface area contributed by atoms with Crippen LogP contribution in [0.5, 0.6) is 0 Å². The maximum absolute atomic E-state index is 8.53. The Hall–Kier alpha value is -0.390. The van der Waals surface area contributed by atoms with Gasteiger partial charge in [0.25, 0.3) is 0 Å². The van der Waals surface area contributed by atoms with Gasteiger partial charge in [0.2, 0.25) is 0 Å². The van der Waals surface area contributed by atoms with Crippen molar-refractivity contribution in [3.05, 3.63) is 32.8 Å². The van der Waals surface area contributed by atoms with E-state index in [2.05, 4.69) is 11.8 Å². The molecule has 0 atom stereocenters. The molecule has 0 aliphatic carbocycles. The van der Waals surface area contributed by atoms with E-state index in [4.69, 9.17) is 39.9 Å². The Kier molecular flexibility index (Phi) is 4.57. The van der Waals surface area contributed by atoms with Gasteiger partial charge in [-0.25, -0.2) is 0 Å². The van der Waals surface area contributed by atoms with Gasteiger partial charge in [-0.3, -0.25) is 0 Å². The van der Waals surface area contributed by atoms with Crippen LogP contribution in [0.25, 0.3) is 0 Å². The molecule has 0 aliphatic heterocycles. The normalized spacial score (nSPS) is 9.43. The molecule has 1 aromatic rings. The molecule has 0 saturated heterocycles. The lowest BCUT2D eigenvalue weighted by Gasteiger charge is -1.99. The Balaban J connectivity index is 3.00. The Morgan fingerprint density at radius 2 is 1.71 bits per heavy atom. The molecule has 0 saturated carbocycles. The number of benzene rings is 1. The van der Waals surface area contributed by atoms with Gasteiger partial charge in [0.1, 0.15) is 0 Å². The van der Waals surface area contributed by atoms with Crippen LogP contribution >= 0.6 is 34.8 Å². The van der Waals surface area contributed by atoms with Crippen molar-refractivity contribution in [2.75, 3.05) is 6.61 Å². The van der Waals surface area contributed by atoms with E-state index >= 15 is 0 Å². The van der Waals surface area contributed by atoms with Crippen molar-refractivity contribution in [3.8, 4) is 11.8 Å². The summed E-state index contributed by atoms with van der Waals surface area (Å²) in [5.41, 5.74) is 0.620. The Morgan fingerprint density at radius 1 is 1.07 bits per heavy atom. The van der Waals surface area contributed by atoms with Gasteiger partial charge in [-0.05, 0) is 12.1 Å². The van der Waals surface area contributed by atoms with Crippen LogP contribution in [0.4, 0.5) is 0 Å². The summed E-state index contributed by atoms with van der Waals surface area (Å²) in [5, 5.41) is 9.82. The summed E-state index contributed by atoms with van der Waals surface area (Å²) in [7, 11) is 0. The predicted molar refractivity (Wildman–Crippen MR) is 60.1 cm³/mol. The minimum absolute atomic E-state index is 0.0337. The number of hydrogen-bond donors (Lipinski definition) is 1.